The van der Waals surface area contributed by atoms with Crippen LogP contribution in [0.2, 0.25) is 0 Å². The van der Waals surface area contributed by atoms with Gasteiger partial charge in [-0.2, -0.15) is 5.26 Å². The van der Waals surface area contributed by atoms with Crippen molar-refractivity contribution in [3.8, 4) is 6.07 Å². The van der Waals surface area contributed by atoms with Gasteiger partial charge in [0.2, 0.25) is 5.91 Å². The number of hydrogen-bond donors (Lipinski definition) is 1. The van der Waals surface area contributed by atoms with E-state index < -0.39 is 0 Å². The first-order chi connectivity index (χ1) is 11.5. The third-order valence-corrected chi connectivity index (χ3v) is 4.28. The Morgan fingerprint density at radius 1 is 1.21 bits per heavy atom. The number of carbonyl (C=O) groups is 1. The maximum absolute atomic E-state index is 12.4. The molecule has 1 amide bonds. The molecule has 0 aliphatic carbocycles. The van der Waals surface area contributed by atoms with Crippen LogP contribution in [0.5, 0.6) is 0 Å². The zero-order valence-electron chi connectivity index (χ0n) is 13.4. The molecule has 3 aromatic rings. The van der Waals surface area contributed by atoms with E-state index in [4.69, 9.17) is 0 Å². The Labute approximate surface area is 148 Å². The molecule has 1 aromatic heterocycles. The Hall–Kier alpha value is -2.58. The fourth-order valence-electron chi connectivity index (χ4n) is 2.89. The van der Waals surface area contributed by atoms with E-state index >= 15 is 0 Å². The minimum Gasteiger partial charge on any atom is -0.337 e. The number of anilines is 1. The lowest BCUT2D eigenvalue weighted by Crippen LogP contribution is -2.18. The smallest absolute Gasteiger partial charge is 0.244 e. The Kier molecular flexibility index (Phi) is 4.41. The SMILES string of the molecule is Cc1cc(C)cc(NC(=O)Cn2cc(C#N)c3cc(Br)ccc32)c1. The second kappa shape index (κ2) is 6.50. The number of nitriles is 1. The van der Waals surface area contributed by atoms with Crippen LogP contribution in [-0.2, 0) is 11.3 Å². The fraction of sp³-hybridized carbons (Fsp3) is 0.158. The van der Waals surface area contributed by atoms with E-state index in [1.165, 1.54) is 0 Å². The van der Waals surface area contributed by atoms with Crippen LogP contribution in [0.4, 0.5) is 5.69 Å². The van der Waals surface area contributed by atoms with Gasteiger partial charge in [-0.1, -0.05) is 22.0 Å². The molecule has 0 fully saturated rings. The van der Waals surface area contributed by atoms with Crippen LogP contribution >= 0.6 is 15.9 Å². The van der Waals surface area contributed by atoms with Crippen LogP contribution in [0.3, 0.4) is 0 Å². The second-order valence-electron chi connectivity index (χ2n) is 5.87. The van der Waals surface area contributed by atoms with E-state index in [9.17, 15) is 10.1 Å². The third-order valence-electron chi connectivity index (χ3n) is 3.78. The molecular formula is C19H16BrN3O. The second-order valence-corrected chi connectivity index (χ2v) is 6.78. The summed E-state index contributed by atoms with van der Waals surface area (Å²) < 4.78 is 2.71. The first-order valence-electron chi connectivity index (χ1n) is 7.53. The highest BCUT2D eigenvalue weighted by Gasteiger charge is 2.12. The monoisotopic (exact) mass is 381 g/mol. The highest BCUT2D eigenvalue weighted by molar-refractivity contribution is 9.10. The first kappa shape index (κ1) is 16.3. The number of rotatable bonds is 3. The predicted molar refractivity (Wildman–Crippen MR) is 98.9 cm³/mol. The highest BCUT2D eigenvalue weighted by atomic mass is 79.9. The molecule has 1 heterocycles. The fourth-order valence-corrected chi connectivity index (χ4v) is 3.25. The van der Waals surface area contributed by atoms with E-state index in [1.807, 2.05) is 44.2 Å². The van der Waals surface area contributed by atoms with Gasteiger partial charge < -0.3 is 9.88 Å². The maximum Gasteiger partial charge on any atom is 0.244 e. The summed E-state index contributed by atoms with van der Waals surface area (Å²) in [6.07, 6.45) is 1.72. The van der Waals surface area contributed by atoms with Crippen molar-refractivity contribution in [3.05, 3.63) is 63.8 Å². The topological polar surface area (TPSA) is 57.8 Å². The summed E-state index contributed by atoms with van der Waals surface area (Å²) in [6.45, 7) is 4.16. The van der Waals surface area contributed by atoms with Crippen molar-refractivity contribution in [3.63, 3.8) is 0 Å². The normalized spacial score (nSPS) is 10.6. The van der Waals surface area contributed by atoms with Gasteiger partial charge in [-0.05, 0) is 55.3 Å². The van der Waals surface area contributed by atoms with Gasteiger partial charge in [0.05, 0.1) is 5.56 Å². The molecule has 0 unspecified atom stereocenters. The predicted octanol–water partition coefficient (Wildman–Crippen LogP) is 4.53. The maximum atomic E-state index is 12.4. The number of amides is 1. The average molecular weight is 382 g/mol. The van der Waals surface area contributed by atoms with Crippen molar-refractivity contribution in [2.75, 3.05) is 5.32 Å². The third kappa shape index (κ3) is 3.34. The van der Waals surface area contributed by atoms with Gasteiger partial charge in [-0.15, -0.1) is 0 Å². The molecular weight excluding hydrogens is 366 g/mol. The molecule has 0 bridgehead atoms. The Morgan fingerprint density at radius 3 is 2.58 bits per heavy atom. The van der Waals surface area contributed by atoms with Crippen LogP contribution in [0, 0.1) is 25.2 Å². The van der Waals surface area contributed by atoms with Crippen molar-refractivity contribution in [1.82, 2.24) is 4.57 Å². The molecule has 2 aromatic carbocycles. The lowest BCUT2D eigenvalue weighted by atomic mass is 10.1. The largest absolute Gasteiger partial charge is 0.337 e. The zero-order valence-corrected chi connectivity index (χ0v) is 15.0. The van der Waals surface area contributed by atoms with Crippen LogP contribution in [-0.4, -0.2) is 10.5 Å². The van der Waals surface area contributed by atoms with E-state index in [0.717, 1.165) is 32.2 Å². The van der Waals surface area contributed by atoms with Crippen molar-refractivity contribution >= 4 is 38.4 Å². The molecule has 0 atom stereocenters. The number of aryl methyl sites for hydroxylation is 2. The molecule has 0 aliphatic rings. The molecule has 5 heteroatoms. The quantitative estimate of drug-likeness (QED) is 0.724. The van der Waals surface area contributed by atoms with Crippen molar-refractivity contribution in [2.24, 2.45) is 0 Å². The van der Waals surface area contributed by atoms with Crippen LogP contribution in [0.25, 0.3) is 10.9 Å². The number of fused-ring (bicyclic) bond motifs is 1. The molecule has 1 N–H and O–H groups in total. The average Bonchev–Trinajstić information content (AvgIpc) is 2.83. The van der Waals surface area contributed by atoms with E-state index in [0.29, 0.717) is 5.56 Å². The van der Waals surface area contributed by atoms with Gasteiger partial charge >= 0.3 is 0 Å². The van der Waals surface area contributed by atoms with E-state index in [-0.39, 0.29) is 12.5 Å². The number of halogens is 1. The van der Waals surface area contributed by atoms with Gasteiger partial charge in [-0.3, -0.25) is 4.79 Å². The summed E-state index contributed by atoms with van der Waals surface area (Å²) in [5.74, 6) is -0.121. The number of nitrogens with one attached hydrogen (secondary N) is 1. The standard InChI is InChI=1S/C19H16BrN3O/c1-12-5-13(2)7-16(6-12)22-19(24)11-23-10-14(9-21)17-8-15(20)3-4-18(17)23/h3-8,10H,11H2,1-2H3,(H,22,24). The summed E-state index contributed by atoms with van der Waals surface area (Å²) in [5.41, 5.74) is 4.43. The minimum atomic E-state index is -0.121. The lowest BCUT2D eigenvalue weighted by molar-refractivity contribution is -0.116. The number of nitrogens with zero attached hydrogens (tertiary/aromatic N) is 2. The van der Waals surface area contributed by atoms with Gasteiger partial charge in [0, 0.05) is 27.3 Å². The Balaban J connectivity index is 1.87. The van der Waals surface area contributed by atoms with E-state index in [2.05, 4.69) is 33.4 Å². The summed E-state index contributed by atoms with van der Waals surface area (Å²) in [4.78, 5) is 12.4. The zero-order chi connectivity index (χ0) is 17.3. The Morgan fingerprint density at radius 2 is 1.92 bits per heavy atom. The van der Waals surface area contributed by atoms with Gasteiger partial charge in [0.15, 0.2) is 0 Å². The van der Waals surface area contributed by atoms with Crippen LogP contribution in [0.15, 0.2) is 47.1 Å². The highest BCUT2D eigenvalue weighted by Crippen LogP contribution is 2.25. The van der Waals surface area contributed by atoms with Crippen molar-refractivity contribution in [1.29, 1.82) is 5.26 Å². The molecule has 0 saturated heterocycles. The molecule has 3 rings (SSSR count). The van der Waals surface area contributed by atoms with Crippen LogP contribution < -0.4 is 5.32 Å². The summed E-state index contributed by atoms with van der Waals surface area (Å²) in [7, 11) is 0. The van der Waals surface area contributed by atoms with Gasteiger partial charge in [0.1, 0.15) is 12.6 Å². The lowest BCUT2D eigenvalue weighted by Gasteiger charge is -2.09. The van der Waals surface area contributed by atoms with Gasteiger partial charge in [-0.25, -0.2) is 0 Å². The minimum absolute atomic E-state index is 0.121. The molecule has 120 valence electrons. The Bertz CT molecular complexity index is 962. The molecule has 0 aliphatic heterocycles. The van der Waals surface area contributed by atoms with E-state index in [1.54, 1.807) is 10.8 Å². The summed E-state index contributed by atoms with van der Waals surface area (Å²) in [5, 5.41) is 13.1. The number of carbonyl (C=O) groups excluding carboxylic acids is 1. The molecule has 4 nitrogen and oxygen atoms in total. The molecule has 0 saturated carbocycles. The van der Waals surface area contributed by atoms with Crippen molar-refractivity contribution in [2.45, 2.75) is 20.4 Å². The van der Waals surface area contributed by atoms with Crippen molar-refractivity contribution < 1.29 is 4.79 Å². The van der Waals surface area contributed by atoms with Gasteiger partial charge in [0.25, 0.3) is 0 Å². The molecule has 24 heavy (non-hydrogen) atoms. The number of aromatic nitrogens is 1. The van der Waals surface area contributed by atoms with Crippen LogP contribution in [0.1, 0.15) is 16.7 Å². The summed E-state index contributed by atoms with van der Waals surface area (Å²) >= 11 is 3.42. The molecule has 0 spiro atoms. The summed E-state index contributed by atoms with van der Waals surface area (Å²) in [6, 6.07) is 13.8. The number of hydrogen-bond acceptors (Lipinski definition) is 2. The first-order valence-corrected chi connectivity index (χ1v) is 8.32. The molecule has 0 radical (unpaired) electrons. The number of benzene rings is 2.